The molecule has 4 nitrogen and oxygen atoms in total. The van der Waals surface area contributed by atoms with Gasteiger partial charge >= 0.3 is 16.6 Å². The van der Waals surface area contributed by atoms with Gasteiger partial charge in [0.2, 0.25) is 0 Å². The maximum atomic E-state index is 11.6. The maximum Gasteiger partial charge on any atom is 0.342 e. The number of hydrogen-bond donors (Lipinski definition) is 0. The van der Waals surface area contributed by atoms with Crippen molar-refractivity contribution in [3.05, 3.63) is 42.5 Å². The molecule has 0 heterocycles. The molecule has 2 aromatic rings. The van der Waals surface area contributed by atoms with E-state index in [0.717, 1.165) is 5.39 Å². The molecule has 0 saturated carbocycles. The number of hydrogen-bond acceptors (Lipinski definition) is 4. The maximum absolute atomic E-state index is 11.6. The van der Waals surface area contributed by atoms with Crippen molar-refractivity contribution < 1.29 is 17.4 Å². The van der Waals surface area contributed by atoms with Crippen LogP contribution in [0.2, 0.25) is 0 Å². The molecule has 0 spiro atoms. The van der Waals surface area contributed by atoms with Gasteiger partial charge in [0.05, 0.1) is 0 Å². The van der Waals surface area contributed by atoms with E-state index >= 15 is 0 Å². The highest BCUT2D eigenvalue weighted by atomic mass is 32.2. The molecule has 0 N–H and O–H groups in total. The number of fused-ring (bicyclic) bond motifs is 1. The van der Waals surface area contributed by atoms with Crippen LogP contribution in [-0.2, 0) is 19.1 Å². The highest BCUT2D eigenvalue weighted by Gasteiger charge is 2.17. The highest BCUT2D eigenvalue weighted by Crippen LogP contribution is 2.23. The summed E-state index contributed by atoms with van der Waals surface area (Å²) >= 11 is 0. The van der Waals surface area contributed by atoms with Crippen LogP contribution < -0.4 is 0 Å². The molecule has 0 saturated heterocycles. The Bertz CT molecular complexity index is 626. The molecule has 0 unspecified atom stereocenters. The van der Waals surface area contributed by atoms with Crippen LogP contribution in [0.5, 0.6) is 0 Å². The summed E-state index contributed by atoms with van der Waals surface area (Å²) in [6, 6.07) is 11.8. The fourth-order valence-electron chi connectivity index (χ4n) is 1.52. The molecule has 0 amide bonds. The van der Waals surface area contributed by atoms with Crippen molar-refractivity contribution in [2.75, 3.05) is 0 Å². The Balaban J connectivity index is 2.75. The van der Waals surface area contributed by atoms with E-state index in [0.29, 0.717) is 5.39 Å². The number of carbonyl (C=O) groups excluding carboxylic acids is 1. The van der Waals surface area contributed by atoms with Gasteiger partial charge in [-0.3, -0.25) is 4.79 Å². The van der Waals surface area contributed by atoms with Gasteiger partial charge in [0, 0.05) is 5.39 Å². The molecule has 82 valence electrons. The van der Waals surface area contributed by atoms with Crippen molar-refractivity contribution in [1.29, 1.82) is 0 Å². The van der Waals surface area contributed by atoms with Gasteiger partial charge in [-0.25, -0.2) is 0 Å². The molecule has 0 aliphatic carbocycles. The van der Waals surface area contributed by atoms with Crippen LogP contribution >= 0.6 is 0 Å². The second-order valence-electron chi connectivity index (χ2n) is 3.12. The summed E-state index contributed by atoms with van der Waals surface area (Å²) < 4.78 is 27.3. The van der Waals surface area contributed by atoms with E-state index in [-0.39, 0.29) is 11.4 Å². The normalized spacial score (nSPS) is 11.2. The summed E-state index contributed by atoms with van der Waals surface area (Å²) in [7, 11) is -4.00. The molecule has 16 heavy (non-hydrogen) atoms. The Hall–Kier alpha value is -1.88. The quantitative estimate of drug-likeness (QED) is 0.601. The van der Waals surface area contributed by atoms with Crippen LogP contribution in [0.15, 0.2) is 47.4 Å². The summed E-state index contributed by atoms with van der Waals surface area (Å²) in [4.78, 5) is 10.1. The summed E-state index contributed by atoms with van der Waals surface area (Å²) in [5, 5.41) is 1.31. The first-order valence-corrected chi connectivity index (χ1v) is 5.91. The van der Waals surface area contributed by atoms with Crippen LogP contribution in [0, 0.1) is 0 Å². The molecule has 5 heteroatoms. The van der Waals surface area contributed by atoms with Crippen LogP contribution in [0.4, 0.5) is 0 Å². The average molecular weight is 236 g/mol. The SMILES string of the molecule is O=COS(=O)(=O)c1cccc2ccccc12. The molecule has 0 aliphatic heterocycles. The zero-order valence-corrected chi connectivity index (χ0v) is 8.98. The molecule has 0 aliphatic rings. The van der Waals surface area contributed by atoms with Crippen molar-refractivity contribution in [2.24, 2.45) is 0 Å². The van der Waals surface area contributed by atoms with Gasteiger partial charge in [-0.2, -0.15) is 8.42 Å². The lowest BCUT2D eigenvalue weighted by Crippen LogP contribution is -2.05. The lowest BCUT2D eigenvalue weighted by Gasteiger charge is -2.05. The van der Waals surface area contributed by atoms with Crippen molar-refractivity contribution >= 4 is 27.4 Å². The largest absolute Gasteiger partial charge is 0.345 e. The Morgan fingerprint density at radius 2 is 1.69 bits per heavy atom. The van der Waals surface area contributed by atoms with Gasteiger partial charge < -0.3 is 4.18 Å². The molecule has 0 aromatic heterocycles. The topological polar surface area (TPSA) is 60.4 Å². The first-order valence-electron chi connectivity index (χ1n) is 4.50. The number of rotatable bonds is 3. The first-order chi connectivity index (χ1) is 7.65. The second kappa shape index (κ2) is 3.94. The Kier molecular flexibility index (Phi) is 2.62. The standard InChI is InChI=1S/C11H8O4S/c12-8-15-16(13,14)11-7-3-5-9-4-1-2-6-10(9)11/h1-8H. The monoisotopic (exact) mass is 236 g/mol. The van der Waals surface area contributed by atoms with E-state index in [1.165, 1.54) is 6.07 Å². The van der Waals surface area contributed by atoms with E-state index in [1.54, 1.807) is 36.4 Å². The van der Waals surface area contributed by atoms with Gasteiger partial charge in [-0.1, -0.05) is 36.4 Å². The third-order valence-corrected chi connectivity index (χ3v) is 3.41. The number of carbonyl (C=O) groups is 1. The molecule has 0 fully saturated rings. The Morgan fingerprint density at radius 1 is 1.00 bits per heavy atom. The third-order valence-electron chi connectivity index (χ3n) is 2.18. The van der Waals surface area contributed by atoms with Crippen LogP contribution in [-0.4, -0.2) is 14.9 Å². The third kappa shape index (κ3) is 1.77. The molecule has 0 bridgehead atoms. The summed E-state index contributed by atoms with van der Waals surface area (Å²) in [6.07, 6.45) is 0. The number of benzene rings is 2. The fraction of sp³-hybridized carbons (Fsp3) is 0. The minimum Gasteiger partial charge on any atom is -0.345 e. The highest BCUT2D eigenvalue weighted by molar-refractivity contribution is 7.87. The van der Waals surface area contributed by atoms with Crippen LogP contribution in [0.25, 0.3) is 10.8 Å². The zero-order valence-electron chi connectivity index (χ0n) is 8.16. The molecule has 2 aromatic carbocycles. The van der Waals surface area contributed by atoms with E-state index in [9.17, 15) is 13.2 Å². The van der Waals surface area contributed by atoms with E-state index in [4.69, 9.17) is 0 Å². The average Bonchev–Trinajstić information content (AvgIpc) is 2.28. The molecular weight excluding hydrogens is 228 g/mol. The predicted octanol–water partition coefficient (Wildman–Crippen LogP) is 1.70. The fourth-order valence-corrected chi connectivity index (χ4v) is 2.42. The second-order valence-corrected chi connectivity index (χ2v) is 4.66. The summed E-state index contributed by atoms with van der Waals surface area (Å²) in [6.45, 7) is -0.0862. The molecule has 0 atom stereocenters. The van der Waals surface area contributed by atoms with E-state index in [2.05, 4.69) is 4.18 Å². The smallest absolute Gasteiger partial charge is 0.342 e. The van der Waals surface area contributed by atoms with Crippen molar-refractivity contribution in [1.82, 2.24) is 0 Å². The van der Waals surface area contributed by atoms with E-state index in [1.807, 2.05) is 0 Å². The molecule has 2 rings (SSSR count). The predicted molar refractivity (Wildman–Crippen MR) is 58.3 cm³/mol. The lowest BCUT2D eigenvalue weighted by molar-refractivity contribution is -0.120. The minimum atomic E-state index is -4.00. The van der Waals surface area contributed by atoms with Gasteiger partial charge in [0.1, 0.15) is 4.90 Å². The Labute approximate surface area is 92.6 Å². The Morgan fingerprint density at radius 3 is 2.44 bits per heavy atom. The van der Waals surface area contributed by atoms with Gasteiger partial charge in [-0.15, -0.1) is 0 Å². The summed E-state index contributed by atoms with van der Waals surface area (Å²) in [5.74, 6) is 0. The van der Waals surface area contributed by atoms with Crippen LogP contribution in [0.3, 0.4) is 0 Å². The molecule has 0 radical (unpaired) electrons. The van der Waals surface area contributed by atoms with Crippen molar-refractivity contribution in [2.45, 2.75) is 4.90 Å². The van der Waals surface area contributed by atoms with E-state index < -0.39 is 10.1 Å². The lowest BCUT2D eigenvalue weighted by atomic mass is 10.1. The summed E-state index contributed by atoms with van der Waals surface area (Å²) in [5.41, 5.74) is 0. The van der Waals surface area contributed by atoms with Gasteiger partial charge in [0.25, 0.3) is 0 Å². The van der Waals surface area contributed by atoms with Crippen molar-refractivity contribution in [3.63, 3.8) is 0 Å². The zero-order chi connectivity index (χ0) is 11.6. The minimum absolute atomic E-state index is 0.00213. The van der Waals surface area contributed by atoms with Crippen molar-refractivity contribution in [3.8, 4) is 0 Å². The van der Waals surface area contributed by atoms with Crippen LogP contribution in [0.1, 0.15) is 0 Å². The van der Waals surface area contributed by atoms with Gasteiger partial charge in [0.15, 0.2) is 0 Å². The first kappa shape index (κ1) is 10.6. The van der Waals surface area contributed by atoms with Gasteiger partial charge in [-0.05, 0) is 11.5 Å². The molecular formula is C11H8O4S.